The maximum absolute atomic E-state index is 6.92. The molecule has 12 atom stereocenters. The average Bonchev–Trinajstić information content (AvgIpc) is 3.16. The highest BCUT2D eigenvalue weighted by molar-refractivity contribution is 5.15. The van der Waals surface area contributed by atoms with Crippen LogP contribution in [-0.4, -0.2) is 24.5 Å². The van der Waals surface area contributed by atoms with Crippen LogP contribution in [0.3, 0.4) is 0 Å². The summed E-state index contributed by atoms with van der Waals surface area (Å²) in [7, 11) is 0. The Morgan fingerprint density at radius 2 is 1.63 bits per heavy atom. The number of nitrogens with two attached hydrogens (primary N) is 1. The molecule has 4 aliphatic carbocycles. The zero-order valence-corrected chi connectivity index (χ0v) is 19.9. The van der Waals surface area contributed by atoms with Crippen molar-refractivity contribution in [1.29, 1.82) is 0 Å². The van der Waals surface area contributed by atoms with Crippen LogP contribution in [0.5, 0.6) is 0 Å². The van der Waals surface area contributed by atoms with Crippen molar-refractivity contribution in [2.24, 2.45) is 58.0 Å². The molecule has 2 aliphatic heterocycles. The molecule has 0 aromatic rings. The van der Waals surface area contributed by atoms with Gasteiger partial charge in [-0.15, -0.1) is 0 Å². The van der Waals surface area contributed by atoms with Gasteiger partial charge in [0.25, 0.3) is 0 Å². The SMILES string of the molecule is C[C@H]1CC[C@@]2(OC1)OC1C[C@H]3[C@@H]4CC[C@@H]5C[C@H](N)CC[C@]5(C)[C@H]4CC[C@]3(C)[C@H]1[C@@H]2C. The zero-order valence-electron chi connectivity index (χ0n) is 19.9. The number of hydrogen-bond donors (Lipinski definition) is 1. The Labute approximate surface area is 184 Å². The second kappa shape index (κ2) is 6.70. The first kappa shape index (κ1) is 20.5. The van der Waals surface area contributed by atoms with Gasteiger partial charge in [0.2, 0.25) is 0 Å². The van der Waals surface area contributed by atoms with Gasteiger partial charge in [-0.25, -0.2) is 0 Å². The Morgan fingerprint density at radius 1 is 0.833 bits per heavy atom. The third-order valence-corrected chi connectivity index (χ3v) is 12.0. The van der Waals surface area contributed by atoms with Gasteiger partial charge in [-0.1, -0.05) is 27.7 Å². The number of hydrogen-bond acceptors (Lipinski definition) is 3. The lowest BCUT2D eigenvalue weighted by atomic mass is 9.44. The van der Waals surface area contributed by atoms with E-state index in [1.54, 1.807) is 0 Å². The molecular weight excluding hydrogens is 370 g/mol. The van der Waals surface area contributed by atoms with Gasteiger partial charge in [0.15, 0.2) is 5.79 Å². The van der Waals surface area contributed by atoms with E-state index in [9.17, 15) is 0 Å². The number of ether oxygens (including phenoxy) is 2. The smallest absolute Gasteiger partial charge is 0.171 e. The molecule has 0 aromatic heterocycles. The van der Waals surface area contributed by atoms with Gasteiger partial charge in [-0.2, -0.15) is 0 Å². The van der Waals surface area contributed by atoms with Gasteiger partial charge in [0.05, 0.1) is 12.7 Å². The number of fused-ring (bicyclic) bond motifs is 7. The van der Waals surface area contributed by atoms with E-state index in [2.05, 4.69) is 27.7 Å². The van der Waals surface area contributed by atoms with Crippen molar-refractivity contribution in [3.63, 3.8) is 0 Å². The summed E-state index contributed by atoms with van der Waals surface area (Å²) in [6.45, 7) is 11.0. The Balaban J connectivity index is 1.26. The summed E-state index contributed by atoms with van der Waals surface area (Å²) in [4.78, 5) is 0. The van der Waals surface area contributed by atoms with Crippen LogP contribution in [0.25, 0.3) is 0 Å². The first-order chi connectivity index (χ1) is 14.3. The largest absolute Gasteiger partial charge is 0.349 e. The molecule has 4 saturated carbocycles. The predicted octanol–water partition coefficient (Wildman–Crippen LogP) is 5.76. The Morgan fingerprint density at radius 3 is 2.40 bits per heavy atom. The highest BCUT2D eigenvalue weighted by Gasteiger charge is 2.69. The Hall–Kier alpha value is -0.120. The van der Waals surface area contributed by atoms with E-state index in [4.69, 9.17) is 15.2 Å². The topological polar surface area (TPSA) is 44.5 Å². The molecule has 2 saturated heterocycles. The van der Waals surface area contributed by atoms with Crippen LogP contribution < -0.4 is 5.73 Å². The van der Waals surface area contributed by atoms with E-state index in [0.29, 0.717) is 40.7 Å². The minimum atomic E-state index is -0.268. The van der Waals surface area contributed by atoms with Crippen molar-refractivity contribution >= 4 is 0 Å². The first-order valence-corrected chi connectivity index (χ1v) is 13.3. The van der Waals surface area contributed by atoms with Crippen LogP contribution >= 0.6 is 0 Å². The van der Waals surface area contributed by atoms with Gasteiger partial charge in [0, 0.05) is 18.4 Å². The summed E-state index contributed by atoms with van der Waals surface area (Å²) >= 11 is 0. The molecule has 170 valence electrons. The molecule has 0 amide bonds. The van der Waals surface area contributed by atoms with Gasteiger partial charge in [0.1, 0.15) is 0 Å². The van der Waals surface area contributed by atoms with Crippen LogP contribution in [0.4, 0.5) is 0 Å². The van der Waals surface area contributed by atoms with Crippen LogP contribution in [0.2, 0.25) is 0 Å². The van der Waals surface area contributed by atoms with Crippen molar-refractivity contribution in [2.75, 3.05) is 6.61 Å². The van der Waals surface area contributed by atoms with Crippen LogP contribution in [-0.2, 0) is 9.47 Å². The van der Waals surface area contributed by atoms with Gasteiger partial charge in [-0.3, -0.25) is 0 Å². The van der Waals surface area contributed by atoms with E-state index in [0.717, 1.165) is 36.7 Å². The summed E-state index contributed by atoms with van der Waals surface area (Å²) < 4.78 is 13.4. The van der Waals surface area contributed by atoms with E-state index in [-0.39, 0.29) is 5.79 Å². The first-order valence-electron chi connectivity index (χ1n) is 13.3. The molecule has 3 nitrogen and oxygen atoms in total. The lowest BCUT2D eigenvalue weighted by Crippen LogP contribution is -2.55. The minimum absolute atomic E-state index is 0.268. The second-order valence-corrected chi connectivity index (χ2v) is 13.2. The molecule has 1 unspecified atom stereocenters. The molecule has 2 N–H and O–H groups in total. The molecule has 6 fully saturated rings. The molecule has 30 heavy (non-hydrogen) atoms. The zero-order chi connectivity index (χ0) is 20.9. The lowest BCUT2D eigenvalue weighted by molar-refractivity contribution is -0.273. The van der Waals surface area contributed by atoms with E-state index >= 15 is 0 Å². The van der Waals surface area contributed by atoms with Crippen LogP contribution in [0, 0.1) is 52.3 Å². The molecular formula is C27H45NO2. The standard InChI is InChI=1S/C27H45NO2/c1-16-7-12-27(29-15-16)17(2)24-23(30-27)14-22-20-6-5-18-13-19(28)8-10-25(18,3)21(20)9-11-26(22,24)4/h16-24H,5-15,28H2,1-4H3/t16-,17-,18+,19+,20+,21-,22-,23?,24-,25-,26-,27+/m0/s1. The number of rotatable bonds is 0. The summed E-state index contributed by atoms with van der Waals surface area (Å²) in [6, 6.07) is 0.461. The van der Waals surface area contributed by atoms with E-state index < -0.39 is 0 Å². The van der Waals surface area contributed by atoms with Crippen LogP contribution in [0.1, 0.15) is 91.9 Å². The fourth-order valence-corrected chi connectivity index (χ4v) is 10.3. The maximum atomic E-state index is 6.92. The normalized spacial score (nSPS) is 62.5. The lowest BCUT2D eigenvalue weighted by Gasteiger charge is -2.61. The van der Waals surface area contributed by atoms with Crippen molar-refractivity contribution in [3.05, 3.63) is 0 Å². The molecule has 0 radical (unpaired) electrons. The Kier molecular flexibility index (Phi) is 4.58. The maximum Gasteiger partial charge on any atom is 0.171 e. The summed E-state index contributed by atoms with van der Waals surface area (Å²) in [6.07, 6.45) is 13.7. The third-order valence-electron chi connectivity index (χ3n) is 12.0. The van der Waals surface area contributed by atoms with E-state index in [1.165, 1.54) is 57.8 Å². The van der Waals surface area contributed by atoms with Crippen molar-refractivity contribution < 1.29 is 9.47 Å². The molecule has 6 rings (SSSR count). The summed E-state index contributed by atoms with van der Waals surface area (Å²) in [5.74, 6) is 5.25. The minimum Gasteiger partial charge on any atom is -0.349 e. The van der Waals surface area contributed by atoms with Crippen molar-refractivity contribution in [1.82, 2.24) is 0 Å². The molecule has 2 heterocycles. The van der Waals surface area contributed by atoms with Crippen molar-refractivity contribution in [2.45, 2.75) is 110 Å². The third kappa shape index (κ3) is 2.61. The molecule has 6 aliphatic rings. The quantitative estimate of drug-likeness (QED) is 0.547. The second-order valence-electron chi connectivity index (χ2n) is 13.2. The Bertz CT molecular complexity index is 686. The van der Waals surface area contributed by atoms with E-state index in [1.807, 2.05) is 0 Å². The van der Waals surface area contributed by atoms with Gasteiger partial charge >= 0.3 is 0 Å². The van der Waals surface area contributed by atoms with Crippen LogP contribution in [0.15, 0.2) is 0 Å². The molecule has 0 bridgehead atoms. The fourth-order valence-electron chi connectivity index (χ4n) is 10.3. The molecule has 1 spiro atoms. The summed E-state index contributed by atoms with van der Waals surface area (Å²) in [5, 5.41) is 0. The summed E-state index contributed by atoms with van der Waals surface area (Å²) in [5.41, 5.74) is 7.40. The molecule has 0 aromatic carbocycles. The van der Waals surface area contributed by atoms with Gasteiger partial charge < -0.3 is 15.2 Å². The fraction of sp³-hybridized carbons (Fsp3) is 1.00. The highest BCUT2D eigenvalue weighted by atomic mass is 16.7. The monoisotopic (exact) mass is 415 g/mol. The molecule has 3 heteroatoms. The highest BCUT2D eigenvalue weighted by Crippen LogP contribution is 2.71. The average molecular weight is 416 g/mol. The van der Waals surface area contributed by atoms with Crippen molar-refractivity contribution in [3.8, 4) is 0 Å². The van der Waals surface area contributed by atoms with Gasteiger partial charge in [-0.05, 0) is 104 Å². The predicted molar refractivity (Wildman–Crippen MR) is 120 cm³/mol.